The minimum absolute atomic E-state index is 0. The van der Waals surface area contributed by atoms with Crippen LogP contribution in [0.2, 0.25) is 0 Å². The maximum absolute atomic E-state index is 12.1. The average molecular weight is 327 g/mol. The molecule has 0 bridgehead atoms. The van der Waals surface area contributed by atoms with Crippen LogP contribution in [0, 0.1) is 5.92 Å². The Balaban J connectivity index is 0.00000242. The Labute approximate surface area is 139 Å². The Kier molecular flexibility index (Phi) is 8.28. The molecule has 0 aliphatic heterocycles. The van der Waals surface area contributed by atoms with Crippen molar-refractivity contribution in [1.82, 2.24) is 5.32 Å². The first-order valence-corrected chi connectivity index (χ1v) is 7.94. The fraction of sp³-hybridized carbons (Fsp3) is 0.588. The van der Waals surface area contributed by atoms with Crippen molar-refractivity contribution in [2.75, 3.05) is 13.2 Å². The molecule has 0 heterocycles. The van der Waals surface area contributed by atoms with Gasteiger partial charge in [0.15, 0.2) is 6.61 Å². The van der Waals surface area contributed by atoms with Gasteiger partial charge in [-0.05, 0) is 43.4 Å². The fourth-order valence-corrected chi connectivity index (χ4v) is 3.01. The van der Waals surface area contributed by atoms with Crippen LogP contribution < -0.4 is 15.8 Å². The lowest BCUT2D eigenvalue weighted by molar-refractivity contribution is -0.124. The van der Waals surface area contributed by atoms with Crippen LogP contribution in [0.5, 0.6) is 5.75 Å². The molecule has 5 heteroatoms. The molecule has 2 unspecified atom stereocenters. The summed E-state index contributed by atoms with van der Waals surface area (Å²) >= 11 is 0. The van der Waals surface area contributed by atoms with Gasteiger partial charge < -0.3 is 15.8 Å². The predicted molar refractivity (Wildman–Crippen MR) is 91.5 cm³/mol. The Bertz CT molecular complexity index is 468. The maximum Gasteiger partial charge on any atom is 0.258 e. The predicted octanol–water partition coefficient (Wildman–Crippen LogP) is 2.68. The summed E-state index contributed by atoms with van der Waals surface area (Å²) in [6.45, 7) is 2.80. The summed E-state index contributed by atoms with van der Waals surface area (Å²) in [6.07, 6.45) is 5.42. The molecule has 1 aromatic carbocycles. The second kappa shape index (κ2) is 9.70. The Hall–Kier alpha value is -1.26. The van der Waals surface area contributed by atoms with Crippen LogP contribution in [-0.4, -0.2) is 25.1 Å². The number of benzene rings is 1. The lowest BCUT2D eigenvalue weighted by Gasteiger charge is -2.31. The zero-order valence-electron chi connectivity index (χ0n) is 13.2. The highest BCUT2D eigenvalue weighted by molar-refractivity contribution is 5.85. The number of hydrogen-bond acceptors (Lipinski definition) is 3. The van der Waals surface area contributed by atoms with Crippen molar-refractivity contribution < 1.29 is 9.53 Å². The van der Waals surface area contributed by atoms with Crippen molar-refractivity contribution in [3.8, 4) is 5.75 Å². The molecule has 2 rings (SSSR count). The second-order valence-corrected chi connectivity index (χ2v) is 5.70. The van der Waals surface area contributed by atoms with Crippen molar-refractivity contribution >= 4 is 18.3 Å². The summed E-state index contributed by atoms with van der Waals surface area (Å²) in [5.74, 6) is 1.16. The highest BCUT2D eigenvalue weighted by atomic mass is 35.5. The number of para-hydroxylation sites is 1. The zero-order valence-corrected chi connectivity index (χ0v) is 14.0. The monoisotopic (exact) mass is 326 g/mol. The van der Waals surface area contributed by atoms with Gasteiger partial charge in [-0.15, -0.1) is 12.4 Å². The summed E-state index contributed by atoms with van der Waals surface area (Å²) in [5.41, 5.74) is 6.92. The SMILES string of the molecule is CCc1ccccc1OCC(=O)NC1CCCCC1CN.Cl. The summed E-state index contributed by atoms with van der Waals surface area (Å²) in [7, 11) is 0. The summed E-state index contributed by atoms with van der Waals surface area (Å²) < 4.78 is 5.66. The third-order valence-electron chi connectivity index (χ3n) is 4.27. The van der Waals surface area contributed by atoms with Gasteiger partial charge in [0.2, 0.25) is 0 Å². The number of hydrogen-bond donors (Lipinski definition) is 2. The van der Waals surface area contributed by atoms with E-state index in [1.54, 1.807) is 0 Å². The van der Waals surface area contributed by atoms with E-state index in [1.165, 1.54) is 12.8 Å². The van der Waals surface area contributed by atoms with Crippen LogP contribution in [-0.2, 0) is 11.2 Å². The first kappa shape index (κ1) is 18.8. The van der Waals surface area contributed by atoms with Crippen LogP contribution in [0.15, 0.2) is 24.3 Å². The van der Waals surface area contributed by atoms with E-state index in [9.17, 15) is 4.79 Å². The third kappa shape index (κ3) is 5.18. The minimum atomic E-state index is -0.0498. The molecule has 1 fully saturated rings. The van der Waals surface area contributed by atoms with Gasteiger partial charge >= 0.3 is 0 Å². The molecule has 1 aromatic rings. The van der Waals surface area contributed by atoms with Crippen LogP contribution in [0.4, 0.5) is 0 Å². The number of amides is 1. The number of nitrogens with one attached hydrogen (secondary N) is 1. The molecule has 124 valence electrons. The first-order valence-electron chi connectivity index (χ1n) is 7.94. The summed E-state index contributed by atoms with van der Waals surface area (Å²) in [4.78, 5) is 12.1. The molecule has 22 heavy (non-hydrogen) atoms. The van der Waals surface area contributed by atoms with E-state index in [0.29, 0.717) is 12.5 Å². The van der Waals surface area contributed by atoms with E-state index in [0.717, 1.165) is 30.6 Å². The average Bonchev–Trinajstić information content (AvgIpc) is 2.53. The number of halogens is 1. The van der Waals surface area contributed by atoms with Crippen molar-refractivity contribution in [2.24, 2.45) is 11.7 Å². The van der Waals surface area contributed by atoms with Gasteiger partial charge in [-0.3, -0.25) is 4.79 Å². The molecule has 1 amide bonds. The smallest absolute Gasteiger partial charge is 0.258 e. The summed E-state index contributed by atoms with van der Waals surface area (Å²) in [6, 6.07) is 8.06. The highest BCUT2D eigenvalue weighted by Crippen LogP contribution is 2.23. The summed E-state index contributed by atoms with van der Waals surface area (Å²) in [5, 5.41) is 3.08. The van der Waals surface area contributed by atoms with Crippen molar-refractivity contribution in [2.45, 2.75) is 45.1 Å². The van der Waals surface area contributed by atoms with Gasteiger partial charge in [0, 0.05) is 6.04 Å². The highest BCUT2D eigenvalue weighted by Gasteiger charge is 2.25. The quantitative estimate of drug-likeness (QED) is 0.844. The van der Waals surface area contributed by atoms with Gasteiger partial charge in [-0.25, -0.2) is 0 Å². The number of carbonyl (C=O) groups is 1. The molecule has 0 spiro atoms. The van der Waals surface area contributed by atoms with Gasteiger partial charge in [0.25, 0.3) is 5.91 Å². The van der Waals surface area contributed by atoms with E-state index >= 15 is 0 Å². The van der Waals surface area contributed by atoms with Gasteiger partial charge in [-0.2, -0.15) is 0 Å². The maximum atomic E-state index is 12.1. The van der Waals surface area contributed by atoms with Gasteiger partial charge in [0.05, 0.1) is 0 Å². The molecule has 0 aromatic heterocycles. The van der Waals surface area contributed by atoms with E-state index in [1.807, 2.05) is 24.3 Å². The van der Waals surface area contributed by atoms with Crippen LogP contribution in [0.1, 0.15) is 38.2 Å². The van der Waals surface area contributed by atoms with Crippen LogP contribution in [0.3, 0.4) is 0 Å². The normalized spacial score (nSPS) is 20.8. The molecule has 1 aliphatic carbocycles. The molecule has 1 aliphatic rings. The topological polar surface area (TPSA) is 64.3 Å². The van der Waals surface area contributed by atoms with Gasteiger partial charge in [-0.1, -0.05) is 38.0 Å². The number of carbonyl (C=O) groups excluding carboxylic acids is 1. The second-order valence-electron chi connectivity index (χ2n) is 5.70. The van der Waals surface area contributed by atoms with Crippen molar-refractivity contribution in [3.63, 3.8) is 0 Å². The molecule has 1 saturated carbocycles. The van der Waals surface area contributed by atoms with Gasteiger partial charge in [0.1, 0.15) is 5.75 Å². The molecular weight excluding hydrogens is 300 g/mol. The van der Waals surface area contributed by atoms with Crippen LogP contribution in [0.25, 0.3) is 0 Å². The third-order valence-corrected chi connectivity index (χ3v) is 4.27. The minimum Gasteiger partial charge on any atom is -0.483 e. The number of ether oxygens (including phenoxy) is 1. The lowest BCUT2D eigenvalue weighted by atomic mass is 9.84. The zero-order chi connectivity index (χ0) is 15.1. The van der Waals surface area contributed by atoms with Crippen molar-refractivity contribution in [1.29, 1.82) is 0 Å². The van der Waals surface area contributed by atoms with E-state index < -0.39 is 0 Å². The number of rotatable bonds is 6. The Morgan fingerprint density at radius 2 is 2.05 bits per heavy atom. The Morgan fingerprint density at radius 1 is 1.32 bits per heavy atom. The largest absolute Gasteiger partial charge is 0.483 e. The number of nitrogens with two attached hydrogens (primary N) is 1. The van der Waals surface area contributed by atoms with E-state index in [-0.39, 0.29) is 31.0 Å². The number of aryl methyl sites for hydroxylation is 1. The van der Waals surface area contributed by atoms with E-state index in [4.69, 9.17) is 10.5 Å². The molecule has 0 radical (unpaired) electrons. The molecule has 3 N–H and O–H groups in total. The lowest BCUT2D eigenvalue weighted by Crippen LogP contribution is -2.46. The van der Waals surface area contributed by atoms with Crippen LogP contribution >= 0.6 is 12.4 Å². The van der Waals surface area contributed by atoms with Crippen molar-refractivity contribution in [3.05, 3.63) is 29.8 Å². The fourth-order valence-electron chi connectivity index (χ4n) is 3.01. The Morgan fingerprint density at radius 3 is 2.77 bits per heavy atom. The molecule has 0 saturated heterocycles. The molecular formula is C17H27ClN2O2. The standard InChI is InChI=1S/C17H26N2O2.ClH/c1-2-13-7-4-6-10-16(13)21-12-17(20)19-15-9-5-3-8-14(15)11-18;/h4,6-7,10,14-15H,2-3,5,8-9,11-12,18H2,1H3,(H,19,20);1H. The molecule has 4 nitrogen and oxygen atoms in total. The van der Waals surface area contributed by atoms with E-state index in [2.05, 4.69) is 12.2 Å². The molecule has 2 atom stereocenters. The first-order chi connectivity index (χ1) is 10.2.